The normalized spacial score (nSPS) is 25.2. The molecule has 2 heterocycles. The van der Waals surface area contributed by atoms with Crippen LogP contribution >= 0.6 is 0 Å². The molecule has 2 aromatic rings. The Morgan fingerprint density at radius 1 is 0.718 bits per heavy atom. The number of rotatable bonds is 1. The van der Waals surface area contributed by atoms with Gasteiger partial charge in [0.1, 0.15) is 6.17 Å². The van der Waals surface area contributed by atoms with Crippen molar-refractivity contribution in [3.8, 4) is 0 Å². The fraction of sp³-hybridized carbons (Fsp3) is 0.297. The van der Waals surface area contributed by atoms with E-state index in [-0.39, 0.29) is 6.17 Å². The lowest BCUT2D eigenvalue weighted by Crippen LogP contribution is -2.45. The molecule has 0 amide bonds. The van der Waals surface area contributed by atoms with E-state index in [1.54, 1.807) is 22.3 Å². The van der Waals surface area contributed by atoms with E-state index >= 15 is 0 Å². The van der Waals surface area contributed by atoms with Crippen LogP contribution in [-0.4, -0.2) is 6.17 Å². The molecule has 7 aliphatic rings. The van der Waals surface area contributed by atoms with Gasteiger partial charge in [0, 0.05) is 11.5 Å². The van der Waals surface area contributed by atoms with Gasteiger partial charge in [0.2, 0.25) is 0 Å². The van der Waals surface area contributed by atoms with Crippen molar-refractivity contribution in [1.82, 2.24) is 5.32 Å². The average Bonchev–Trinajstić information content (AvgIpc) is 3.35. The lowest BCUT2D eigenvalue weighted by molar-refractivity contribution is 0.501. The molecule has 9 rings (SSSR count). The van der Waals surface area contributed by atoms with Crippen LogP contribution in [0.5, 0.6) is 0 Å². The number of fused-ring (bicyclic) bond motifs is 10. The molecule has 2 heteroatoms. The van der Waals surface area contributed by atoms with Gasteiger partial charge in [-0.3, -0.25) is 0 Å². The van der Waals surface area contributed by atoms with Crippen LogP contribution in [-0.2, 0) is 12.8 Å². The molecule has 0 spiro atoms. The second-order valence-electron chi connectivity index (χ2n) is 12.1. The molecule has 2 aromatic carbocycles. The van der Waals surface area contributed by atoms with Gasteiger partial charge >= 0.3 is 0 Å². The topological polar surface area (TPSA) is 15.3 Å². The third-order valence-electron chi connectivity index (χ3n) is 10.0. The maximum atomic E-state index is 4.08. The molecular formula is C37H34N2. The summed E-state index contributed by atoms with van der Waals surface area (Å²) < 4.78 is 0. The Balaban J connectivity index is 1.25. The van der Waals surface area contributed by atoms with Crippen LogP contribution in [0.15, 0.2) is 77.2 Å². The summed E-state index contributed by atoms with van der Waals surface area (Å²) >= 11 is 0. The van der Waals surface area contributed by atoms with E-state index in [1.807, 2.05) is 0 Å². The van der Waals surface area contributed by atoms with Gasteiger partial charge in [0.15, 0.2) is 0 Å². The summed E-state index contributed by atoms with van der Waals surface area (Å²) in [4.78, 5) is 2.70. The third-order valence-corrected chi connectivity index (χ3v) is 10.0. The number of hydrogen-bond donors (Lipinski definition) is 1. The van der Waals surface area contributed by atoms with E-state index < -0.39 is 0 Å². The van der Waals surface area contributed by atoms with Crippen LogP contribution in [0.2, 0.25) is 0 Å². The minimum absolute atomic E-state index is 0.217. The molecule has 0 aromatic heterocycles. The summed E-state index contributed by atoms with van der Waals surface area (Å²) in [7, 11) is 0. The Morgan fingerprint density at radius 2 is 1.51 bits per heavy atom. The van der Waals surface area contributed by atoms with Crippen LogP contribution in [0.25, 0.3) is 29.9 Å². The van der Waals surface area contributed by atoms with Gasteiger partial charge < -0.3 is 10.2 Å². The number of anilines is 1. The van der Waals surface area contributed by atoms with E-state index in [9.17, 15) is 0 Å². The van der Waals surface area contributed by atoms with Crippen molar-refractivity contribution in [2.75, 3.05) is 4.90 Å². The van der Waals surface area contributed by atoms with Crippen molar-refractivity contribution in [3.63, 3.8) is 0 Å². The lowest BCUT2D eigenvalue weighted by atomic mass is 9.80. The molecule has 1 fully saturated rings. The van der Waals surface area contributed by atoms with Crippen LogP contribution in [0, 0.1) is 5.92 Å². The van der Waals surface area contributed by atoms with E-state index in [4.69, 9.17) is 0 Å². The molecule has 1 saturated heterocycles. The van der Waals surface area contributed by atoms with Crippen LogP contribution in [0.1, 0.15) is 72.8 Å². The van der Waals surface area contributed by atoms with E-state index in [0.717, 1.165) is 44.9 Å². The van der Waals surface area contributed by atoms with Crippen LogP contribution in [0.3, 0.4) is 0 Å². The molecule has 1 N–H and O–H groups in total. The molecule has 39 heavy (non-hydrogen) atoms. The van der Waals surface area contributed by atoms with E-state index in [2.05, 4.69) is 89.2 Å². The first-order valence-corrected chi connectivity index (χ1v) is 15.1. The third kappa shape index (κ3) is 3.09. The molecule has 2 unspecified atom stereocenters. The Labute approximate surface area is 230 Å². The fourth-order valence-electron chi connectivity index (χ4n) is 8.41. The monoisotopic (exact) mass is 506 g/mol. The molecule has 0 saturated carbocycles. The zero-order valence-electron chi connectivity index (χ0n) is 22.5. The van der Waals surface area contributed by atoms with Crippen LogP contribution < -0.4 is 20.7 Å². The highest BCUT2D eigenvalue weighted by molar-refractivity contribution is 5.91. The quantitative estimate of drug-likeness (QED) is 0.465. The molecule has 192 valence electrons. The fourth-order valence-corrected chi connectivity index (χ4v) is 8.41. The smallest absolute Gasteiger partial charge is 0.111 e. The van der Waals surface area contributed by atoms with E-state index in [1.165, 1.54) is 62.6 Å². The van der Waals surface area contributed by atoms with Crippen molar-refractivity contribution in [2.24, 2.45) is 5.92 Å². The zero-order chi connectivity index (χ0) is 25.5. The zero-order valence-corrected chi connectivity index (χ0v) is 22.5. The van der Waals surface area contributed by atoms with Gasteiger partial charge in [-0.05, 0) is 113 Å². The lowest BCUT2D eigenvalue weighted by Gasteiger charge is -2.34. The number of nitrogens with zero attached hydrogens (tertiary/aromatic N) is 1. The Morgan fingerprint density at radius 3 is 2.46 bits per heavy atom. The largest absolute Gasteiger partial charge is 0.363 e. The first kappa shape index (κ1) is 22.1. The van der Waals surface area contributed by atoms with Gasteiger partial charge in [-0.25, -0.2) is 0 Å². The number of benzene rings is 2. The number of hydrogen-bond acceptors (Lipinski definition) is 2. The second-order valence-corrected chi connectivity index (χ2v) is 12.1. The molecular weight excluding hydrogens is 472 g/mol. The maximum absolute atomic E-state index is 4.08. The first-order chi connectivity index (χ1) is 19.4. The summed E-state index contributed by atoms with van der Waals surface area (Å²) in [5, 5.41) is 7.09. The van der Waals surface area contributed by atoms with Gasteiger partial charge in [0.05, 0.1) is 17.1 Å². The van der Waals surface area contributed by atoms with Crippen molar-refractivity contribution in [2.45, 2.75) is 64.0 Å². The molecule has 0 bridgehead atoms. The number of para-hydroxylation sites is 1. The van der Waals surface area contributed by atoms with Crippen molar-refractivity contribution in [1.29, 1.82) is 0 Å². The molecule has 2 aliphatic heterocycles. The predicted molar refractivity (Wildman–Crippen MR) is 163 cm³/mol. The molecule has 2 atom stereocenters. The summed E-state index contributed by atoms with van der Waals surface area (Å²) in [6, 6.07) is 9.16. The van der Waals surface area contributed by atoms with Crippen molar-refractivity contribution >= 4 is 35.6 Å². The first-order valence-electron chi connectivity index (χ1n) is 15.1. The average molecular weight is 507 g/mol. The summed E-state index contributed by atoms with van der Waals surface area (Å²) in [5.41, 5.74) is 16.4. The molecule has 0 radical (unpaired) electrons. The predicted octanol–water partition coefficient (Wildman–Crippen LogP) is 6.67. The highest BCUT2D eigenvalue weighted by atomic mass is 15.4. The number of nitrogens with one attached hydrogen (secondary N) is 1. The van der Waals surface area contributed by atoms with Gasteiger partial charge in [-0.15, -0.1) is 0 Å². The summed E-state index contributed by atoms with van der Waals surface area (Å²) in [6.07, 6.45) is 32.6. The molecule has 5 aliphatic carbocycles. The maximum Gasteiger partial charge on any atom is 0.111 e. The van der Waals surface area contributed by atoms with Gasteiger partial charge in [0.25, 0.3) is 0 Å². The van der Waals surface area contributed by atoms with Gasteiger partial charge in [-0.2, -0.15) is 0 Å². The minimum Gasteiger partial charge on any atom is -0.363 e. The highest BCUT2D eigenvalue weighted by Gasteiger charge is 2.43. The van der Waals surface area contributed by atoms with E-state index in [0.29, 0.717) is 5.92 Å². The number of allylic oxidation sites excluding steroid dienone is 8. The summed E-state index contributed by atoms with van der Waals surface area (Å²) in [6.45, 7) is 0. The van der Waals surface area contributed by atoms with Crippen molar-refractivity contribution in [3.05, 3.63) is 115 Å². The van der Waals surface area contributed by atoms with Gasteiger partial charge in [-0.1, -0.05) is 72.9 Å². The Kier molecular flexibility index (Phi) is 4.73. The second kappa shape index (κ2) is 8.36. The van der Waals surface area contributed by atoms with Crippen LogP contribution in [0.4, 0.5) is 5.69 Å². The SMILES string of the molecule is C1=CC2=C(CC1)C1=C3C(=CCC1)NC(C1C=c4c5c(c6c(c4=CC1)CCC=C6)CCC=C5)N3c1ccccc12. The Hall–Kier alpha value is -3.78. The van der Waals surface area contributed by atoms with Crippen molar-refractivity contribution < 1.29 is 0 Å². The minimum atomic E-state index is 0.217. The standard InChI is InChI=1S/C37H34N2/c1-2-12-26-24(10-1)25-11-3-6-15-29(25)33-22-23(20-21-30(26)33)37-38-34-18-9-17-32-28-14-5-4-13-27(28)31-16-7-8-19-35(31)39(37)36(32)34/h1,4,6-8,10,13,15-16,18-19,21-23,37-38H,2-3,5,9,11-12,14,17,20H2. The molecule has 2 nitrogen and oxygen atoms in total. The highest BCUT2D eigenvalue weighted by Crippen LogP contribution is 2.50. The Bertz CT molecular complexity index is 1770. The summed E-state index contributed by atoms with van der Waals surface area (Å²) in [5.74, 6) is 0.396.